The lowest BCUT2D eigenvalue weighted by atomic mass is 9.86. The van der Waals surface area contributed by atoms with Gasteiger partial charge in [-0.3, -0.25) is 4.98 Å². The molecule has 1 atom stereocenters. The maximum Gasteiger partial charge on any atom is 0.144 e. The number of rotatable bonds is 8. The third-order valence-corrected chi connectivity index (χ3v) is 3.69. The second-order valence-electron chi connectivity index (χ2n) is 5.78. The fourth-order valence-corrected chi connectivity index (χ4v) is 2.04. The van der Waals surface area contributed by atoms with Crippen LogP contribution in [0.2, 0.25) is 0 Å². The molecule has 112 valence electrons. The second kappa shape index (κ2) is 7.85. The fourth-order valence-electron chi connectivity index (χ4n) is 2.04. The third-order valence-electron chi connectivity index (χ3n) is 3.69. The molecule has 0 bridgehead atoms. The van der Waals surface area contributed by atoms with E-state index in [-0.39, 0.29) is 5.41 Å². The first-order valence-electron chi connectivity index (χ1n) is 7.08. The van der Waals surface area contributed by atoms with Crippen molar-refractivity contribution in [3.8, 4) is 0 Å². The van der Waals surface area contributed by atoms with Gasteiger partial charge in [-0.05, 0) is 44.0 Å². The van der Waals surface area contributed by atoms with Gasteiger partial charge in [-0.25, -0.2) is 0 Å². The van der Waals surface area contributed by atoms with Crippen molar-refractivity contribution in [3.05, 3.63) is 30.1 Å². The van der Waals surface area contributed by atoms with Gasteiger partial charge in [-0.15, -0.1) is 0 Å². The van der Waals surface area contributed by atoms with E-state index in [1.807, 2.05) is 38.4 Å². The lowest BCUT2D eigenvalue weighted by Crippen LogP contribution is -2.32. The maximum absolute atomic E-state index is 8.72. The van der Waals surface area contributed by atoms with Crippen LogP contribution in [0.1, 0.15) is 51.6 Å². The van der Waals surface area contributed by atoms with Crippen molar-refractivity contribution in [2.45, 2.75) is 46.1 Å². The highest BCUT2D eigenvalue weighted by Gasteiger charge is 2.22. The van der Waals surface area contributed by atoms with Crippen molar-refractivity contribution in [2.75, 3.05) is 6.54 Å². The number of hydrogen-bond donors (Lipinski definition) is 3. The van der Waals surface area contributed by atoms with E-state index in [0.29, 0.717) is 11.9 Å². The van der Waals surface area contributed by atoms with Crippen LogP contribution in [0.4, 0.5) is 0 Å². The molecule has 1 heterocycles. The molecule has 5 nitrogen and oxygen atoms in total. The Morgan fingerprint density at radius 2 is 2.05 bits per heavy atom. The van der Waals surface area contributed by atoms with E-state index in [0.717, 1.165) is 25.8 Å². The molecule has 0 aliphatic rings. The Morgan fingerprint density at radius 3 is 2.65 bits per heavy atom. The number of oxime groups is 1. The number of aromatic nitrogens is 1. The lowest BCUT2D eigenvalue weighted by molar-refractivity contribution is 0.304. The zero-order valence-corrected chi connectivity index (χ0v) is 12.6. The quantitative estimate of drug-likeness (QED) is 0.224. The standard InChI is InChI=1S/C15H26N4O/c1-12(13-6-10-17-11-7-13)18-9-5-4-8-15(2,3)14(16)19-20/h6-7,10-12,18,20H,4-5,8-9H2,1-3H3,(H2,16,19)/t12-/m0/s1. The minimum atomic E-state index is -0.245. The molecule has 4 N–H and O–H groups in total. The number of amidine groups is 1. The summed E-state index contributed by atoms with van der Waals surface area (Å²) < 4.78 is 0. The Labute approximate surface area is 121 Å². The fraction of sp³-hybridized carbons (Fsp3) is 0.600. The van der Waals surface area contributed by atoms with Crippen molar-refractivity contribution < 1.29 is 5.21 Å². The molecule has 0 saturated carbocycles. The molecule has 0 aromatic carbocycles. The minimum absolute atomic E-state index is 0.245. The molecule has 0 amide bonds. The molecule has 5 heteroatoms. The van der Waals surface area contributed by atoms with E-state index in [1.54, 1.807) is 0 Å². The molecular weight excluding hydrogens is 252 g/mol. The summed E-state index contributed by atoms with van der Waals surface area (Å²) in [5.41, 5.74) is 6.67. The molecule has 0 aliphatic heterocycles. The van der Waals surface area contributed by atoms with Crippen LogP contribution in [0.5, 0.6) is 0 Å². The third kappa shape index (κ3) is 5.17. The van der Waals surface area contributed by atoms with Crippen molar-refractivity contribution in [3.63, 3.8) is 0 Å². The summed E-state index contributed by atoms with van der Waals surface area (Å²) in [6, 6.07) is 4.38. The number of pyridine rings is 1. The summed E-state index contributed by atoms with van der Waals surface area (Å²) in [4.78, 5) is 4.02. The van der Waals surface area contributed by atoms with Crippen LogP contribution in [0.3, 0.4) is 0 Å². The molecule has 20 heavy (non-hydrogen) atoms. The monoisotopic (exact) mass is 278 g/mol. The topological polar surface area (TPSA) is 83.5 Å². The van der Waals surface area contributed by atoms with E-state index < -0.39 is 0 Å². The van der Waals surface area contributed by atoms with Gasteiger partial charge in [-0.1, -0.05) is 25.4 Å². The largest absolute Gasteiger partial charge is 0.409 e. The van der Waals surface area contributed by atoms with Gasteiger partial charge < -0.3 is 16.3 Å². The number of nitrogens with two attached hydrogens (primary N) is 1. The average Bonchev–Trinajstić information content (AvgIpc) is 2.46. The number of unbranched alkanes of at least 4 members (excludes halogenated alkanes) is 1. The van der Waals surface area contributed by atoms with E-state index in [2.05, 4.69) is 22.4 Å². The first kappa shape index (κ1) is 16.4. The molecule has 0 saturated heterocycles. The first-order valence-corrected chi connectivity index (χ1v) is 7.08. The Bertz CT molecular complexity index is 417. The summed E-state index contributed by atoms with van der Waals surface area (Å²) in [7, 11) is 0. The Morgan fingerprint density at radius 1 is 1.40 bits per heavy atom. The smallest absolute Gasteiger partial charge is 0.144 e. The van der Waals surface area contributed by atoms with E-state index in [9.17, 15) is 0 Å². The van der Waals surface area contributed by atoms with Crippen LogP contribution < -0.4 is 11.1 Å². The van der Waals surface area contributed by atoms with Gasteiger partial charge >= 0.3 is 0 Å². The van der Waals surface area contributed by atoms with Gasteiger partial charge in [0.15, 0.2) is 0 Å². The molecule has 1 rings (SSSR count). The minimum Gasteiger partial charge on any atom is -0.409 e. The SMILES string of the molecule is C[C@H](NCCCCC(C)(C)/C(N)=N/O)c1ccncc1. The summed E-state index contributed by atoms with van der Waals surface area (Å²) in [6.45, 7) is 7.09. The van der Waals surface area contributed by atoms with Crippen LogP contribution in [0, 0.1) is 5.41 Å². The molecular formula is C15H26N4O. The Balaban J connectivity index is 2.23. The zero-order chi connectivity index (χ0) is 15.0. The van der Waals surface area contributed by atoms with Gasteiger partial charge in [0, 0.05) is 23.9 Å². The Hall–Kier alpha value is -1.62. The van der Waals surface area contributed by atoms with E-state index in [4.69, 9.17) is 10.9 Å². The predicted molar refractivity (Wildman–Crippen MR) is 81.7 cm³/mol. The molecule has 1 aromatic rings. The normalized spacial score (nSPS) is 14.2. The Kier molecular flexibility index (Phi) is 6.45. The van der Waals surface area contributed by atoms with Gasteiger partial charge in [0.1, 0.15) is 5.84 Å². The maximum atomic E-state index is 8.72. The van der Waals surface area contributed by atoms with E-state index >= 15 is 0 Å². The zero-order valence-electron chi connectivity index (χ0n) is 12.6. The van der Waals surface area contributed by atoms with Gasteiger partial charge in [0.25, 0.3) is 0 Å². The molecule has 0 radical (unpaired) electrons. The van der Waals surface area contributed by atoms with Crippen LogP contribution in [0.15, 0.2) is 29.7 Å². The molecule has 0 spiro atoms. The highest BCUT2D eigenvalue weighted by molar-refractivity contribution is 5.85. The van der Waals surface area contributed by atoms with Crippen molar-refractivity contribution in [2.24, 2.45) is 16.3 Å². The van der Waals surface area contributed by atoms with Gasteiger partial charge in [-0.2, -0.15) is 0 Å². The summed E-state index contributed by atoms with van der Waals surface area (Å²) in [5.74, 6) is 0.301. The average molecular weight is 278 g/mol. The van der Waals surface area contributed by atoms with Crippen LogP contribution in [-0.2, 0) is 0 Å². The number of nitrogens with one attached hydrogen (secondary N) is 1. The second-order valence-corrected chi connectivity index (χ2v) is 5.78. The summed E-state index contributed by atoms with van der Waals surface area (Å²) in [6.07, 6.45) is 6.64. The molecule has 0 aliphatic carbocycles. The number of hydrogen-bond acceptors (Lipinski definition) is 4. The molecule has 0 unspecified atom stereocenters. The lowest BCUT2D eigenvalue weighted by Gasteiger charge is -2.22. The van der Waals surface area contributed by atoms with Crippen LogP contribution in [0.25, 0.3) is 0 Å². The molecule has 1 aromatic heterocycles. The highest BCUT2D eigenvalue weighted by atomic mass is 16.4. The summed E-state index contributed by atoms with van der Waals surface area (Å²) >= 11 is 0. The number of nitrogens with zero attached hydrogens (tertiary/aromatic N) is 2. The van der Waals surface area contributed by atoms with Gasteiger partial charge in [0.05, 0.1) is 0 Å². The molecule has 0 fully saturated rings. The van der Waals surface area contributed by atoms with Gasteiger partial charge in [0.2, 0.25) is 0 Å². The van der Waals surface area contributed by atoms with Crippen LogP contribution >= 0.6 is 0 Å². The van der Waals surface area contributed by atoms with Crippen LogP contribution in [-0.4, -0.2) is 22.6 Å². The van der Waals surface area contributed by atoms with Crippen molar-refractivity contribution in [1.29, 1.82) is 0 Å². The van der Waals surface area contributed by atoms with E-state index in [1.165, 1.54) is 5.56 Å². The summed E-state index contributed by atoms with van der Waals surface area (Å²) in [5, 5.41) is 15.3. The highest BCUT2D eigenvalue weighted by Crippen LogP contribution is 2.23. The van der Waals surface area contributed by atoms with Crippen molar-refractivity contribution >= 4 is 5.84 Å². The first-order chi connectivity index (χ1) is 9.47. The predicted octanol–water partition coefficient (Wildman–Crippen LogP) is 2.68. The van der Waals surface area contributed by atoms with Crippen molar-refractivity contribution in [1.82, 2.24) is 10.3 Å².